The molecular weight excluding hydrogens is 328 g/mol. The summed E-state index contributed by atoms with van der Waals surface area (Å²) in [6.45, 7) is 5.39. The highest BCUT2D eigenvalue weighted by Crippen LogP contribution is 2.23. The number of ether oxygens (including phenoxy) is 1. The van der Waals surface area contributed by atoms with Crippen LogP contribution in [0.2, 0.25) is 0 Å². The molecule has 0 unspecified atom stereocenters. The molecule has 0 aliphatic carbocycles. The molecule has 1 N–H and O–H groups in total. The van der Waals surface area contributed by atoms with Gasteiger partial charge in [0.15, 0.2) is 0 Å². The lowest BCUT2D eigenvalue weighted by molar-refractivity contribution is -0.0352. The second-order valence-corrected chi connectivity index (χ2v) is 6.83. The minimum Gasteiger partial charge on any atom is -0.373 e. The van der Waals surface area contributed by atoms with Gasteiger partial charge in [0.05, 0.1) is 18.0 Å². The van der Waals surface area contributed by atoms with Crippen molar-refractivity contribution in [1.29, 1.82) is 0 Å². The molecule has 2 aliphatic heterocycles. The van der Waals surface area contributed by atoms with Crippen LogP contribution < -0.4 is 10.2 Å². The molecule has 0 amide bonds. The zero-order chi connectivity index (χ0) is 17.8. The maximum atomic E-state index is 5.96. The maximum absolute atomic E-state index is 5.96. The molecule has 0 saturated carbocycles. The van der Waals surface area contributed by atoms with Crippen molar-refractivity contribution in [3.05, 3.63) is 41.9 Å². The predicted octanol–water partition coefficient (Wildman–Crippen LogP) is 2.09. The summed E-state index contributed by atoms with van der Waals surface area (Å²) in [5, 5.41) is 3.09. The lowest BCUT2D eigenvalue weighted by Gasteiger charge is -2.32. The number of nitrogens with zero attached hydrogens (tertiary/aromatic N) is 5. The molecule has 4 rings (SSSR count). The third-order valence-corrected chi connectivity index (χ3v) is 4.98. The number of rotatable bonds is 5. The van der Waals surface area contributed by atoms with E-state index in [2.05, 4.69) is 25.1 Å². The fourth-order valence-electron chi connectivity index (χ4n) is 3.57. The van der Waals surface area contributed by atoms with Crippen LogP contribution in [-0.2, 0) is 11.3 Å². The topological polar surface area (TPSA) is 66.4 Å². The van der Waals surface area contributed by atoms with Crippen molar-refractivity contribution in [1.82, 2.24) is 19.9 Å². The van der Waals surface area contributed by atoms with Crippen molar-refractivity contribution in [2.24, 2.45) is 0 Å². The highest BCUT2D eigenvalue weighted by molar-refractivity contribution is 5.35. The predicted molar refractivity (Wildman–Crippen MR) is 101 cm³/mol. The third kappa shape index (κ3) is 3.94. The summed E-state index contributed by atoms with van der Waals surface area (Å²) < 4.78 is 5.96. The summed E-state index contributed by atoms with van der Waals surface area (Å²) in [5.41, 5.74) is 2.04. The SMILES string of the molecule is CNc1cccc([C@@H]2CN(Cc3ccnc(N4CCCC4)n3)CCO2)n1. The van der Waals surface area contributed by atoms with Crippen LogP contribution in [-0.4, -0.2) is 59.7 Å². The van der Waals surface area contributed by atoms with Crippen LogP contribution in [0.15, 0.2) is 30.5 Å². The minimum absolute atomic E-state index is 0.00283. The average molecular weight is 354 g/mol. The Morgan fingerprint density at radius 3 is 2.88 bits per heavy atom. The van der Waals surface area contributed by atoms with Gasteiger partial charge in [-0.05, 0) is 31.0 Å². The first-order valence-electron chi connectivity index (χ1n) is 9.37. The molecule has 2 aromatic rings. The molecule has 2 fully saturated rings. The average Bonchev–Trinajstić information content (AvgIpc) is 3.23. The number of morpholine rings is 1. The van der Waals surface area contributed by atoms with E-state index in [1.807, 2.05) is 37.5 Å². The fourth-order valence-corrected chi connectivity index (χ4v) is 3.57. The van der Waals surface area contributed by atoms with Gasteiger partial charge in [0.25, 0.3) is 0 Å². The minimum atomic E-state index is -0.00283. The molecule has 2 aromatic heterocycles. The van der Waals surface area contributed by atoms with Gasteiger partial charge >= 0.3 is 0 Å². The summed E-state index contributed by atoms with van der Waals surface area (Å²) in [4.78, 5) is 18.5. The second kappa shape index (κ2) is 7.97. The van der Waals surface area contributed by atoms with Crippen LogP contribution in [0.3, 0.4) is 0 Å². The van der Waals surface area contributed by atoms with Crippen LogP contribution in [0, 0.1) is 0 Å². The van der Waals surface area contributed by atoms with E-state index in [-0.39, 0.29) is 6.10 Å². The molecule has 2 saturated heterocycles. The monoisotopic (exact) mass is 354 g/mol. The van der Waals surface area contributed by atoms with Crippen molar-refractivity contribution in [2.75, 3.05) is 50.1 Å². The highest BCUT2D eigenvalue weighted by atomic mass is 16.5. The van der Waals surface area contributed by atoms with E-state index in [9.17, 15) is 0 Å². The number of hydrogen-bond acceptors (Lipinski definition) is 7. The zero-order valence-corrected chi connectivity index (χ0v) is 15.3. The van der Waals surface area contributed by atoms with Crippen LogP contribution >= 0.6 is 0 Å². The molecule has 2 aliphatic rings. The summed E-state index contributed by atoms with van der Waals surface area (Å²) >= 11 is 0. The molecule has 7 heteroatoms. The van der Waals surface area contributed by atoms with Crippen molar-refractivity contribution in [2.45, 2.75) is 25.5 Å². The van der Waals surface area contributed by atoms with Crippen LogP contribution in [0.1, 0.15) is 30.3 Å². The first-order chi connectivity index (χ1) is 12.8. The number of aromatic nitrogens is 3. The first-order valence-corrected chi connectivity index (χ1v) is 9.37. The summed E-state index contributed by atoms with van der Waals surface area (Å²) in [5.74, 6) is 1.74. The molecule has 0 spiro atoms. The lowest BCUT2D eigenvalue weighted by Crippen LogP contribution is -2.38. The fraction of sp³-hybridized carbons (Fsp3) is 0.526. The van der Waals surface area contributed by atoms with Crippen LogP contribution in [0.25, 0.3) is 0 Å². The Balaban J connectivity index is 1.42. The molecule has 4 heterocycles. The lowest BCUT2D eigenvalue weighted by atomic mass is 10.2. The van der Waals surface area contributed by atoms with E-state index in [1.54, 1.807) is 0 Å². The van der Waals surface area contributed by atoms with Gasteiger partial charge < -0.3 is 15.0 Å². The molecule has 0 bridgehead atoms. The number of pyridine rings is 1. The Bertz CT molecular complexity index is 733. The Kier molecular flexibility index (Phi) is 5.26. The second-order valence-electron chi connectivity index (χ2n) is 6.83. The molecule has 26 heavy (non-hydrogen) atoms. The van der Waals surface area contributed by atoms with Gasteiger partial charge in [-0.15, -0.1) is 0 Å². The number of hydrogen-bond donors (Lipinski definition) is 1. The zero-order valence-electron chi connectivity index (χ0n) is 15.3. The summed E-state index contributed by atoms with van der Waals surface area (Å²) in [7, 11) is 1.88. The number of nitrogens with one attached hydrogen (secondary N) is 1. The molecule has 7 nitrogen and oxygen atoms in total. The normalized spacial score (nSPS) is 21.1. The smallest absolute Gasteiger partial charge is 0.225 e. The van der Waals surface area contributed by atoms with Gasteiger partial charge in [-0.1, -0.05) is 6.07 Å². The van der Waals surface area contributed by atoms with Gasteiger partial charge in [-0.2, -0.15) is 0 Å². The summed E-state index contributed by atoms with van der Waals surface area (Å²) in [6.07, 6.45) is 4.35. The summed E-state index contributed by atoms with van der Waals surface area (Å²) in [6, 6.07) is 8.03. The van der Waals surface area contributed by atoms with E-state index >= 15 is 0 Å². The van der Waals surface area contributed by atoms with Crippen LogP contribution in [0.5, 0.6) is 0 Å². The maximum Gasteiger partial charge on any atom is 0.225 e. The van der Waals surface area contributed by atoms with Gasteiger partial charge in [0.2, 0.25) is 5.95 Å². The van der Waals surface area contributed by atoms with Crippen molar-refractivity contribution in [3.8, 4) is 0 Å². The van der Waals surface area contributed by atoms with Gasteiger partial charge in [-0.3, -0.25) is 4.90 Å². The first kappa shape index (κ1) is 17.2. The molecule has 0 radical (unpaired) electrons. The molecule has 138 valence electrons. The van der Waals surface area contributed by atoms with Crippen molar-refractivity contribution >= 4 is 11.8 Å². The highest BCUT2D eigenvalue weighted by Gasteiger charge is 2.24. The van der Waals surface area contributed by atoms with Crippen molar-refractivity contribution < 1.29 is 4.74 Å². The Morgan fingerprint density at radius 1 is 1.15 bits per heavy atom. The molecule has 1 atom stereocenters. The van der Waals surface area contributed by atoms with Crippen molar-refractivity contribution in [3.63, 3.8) is 0 Å². The number of anilines is 2. The van der Waals surface area contributed by atoms with Gasteiger partial charge in [-0.25, -0.2) is 15.0 Å². The Labute approximate surface area is 154 Å². The Hall–Kier alpha value is -2.25. The third-order valence-electron chi connectivity index (χ3n) is 4.98. The van der Waals surface area contributed by atoms with E-state index in [1.165, 1.54) is 12.8 Å². The molecule has 0 aromatic carbocycles. The molecular formula is C19H26N6O. The quantitative estimate of drug-likeness (QED) is 0.882. The van der Waals surface area contributed by atoms with E-state index in [0.29, 0.717) is 6.61 Å². The Morgan fingerprint density at radius 2 is 2.04 bits per heavy atom. The van der Waals surface area contributed by atoms with Gasteiger partial charge in [0.1, 0.15) is 11.9 Å². The largest absolute Gasteiger partial charge is 0.373 e. The van der Waals surface area contributed by atoms with Crippen LogP contribution in [0.4, 0.5) is 11.8 Å². The van der Waals surface area contributed by atoms with E-state index in [4.69, 9.17) is 9.72 Å². The standard InChI is InChI=1S/C19H26N6O/c1-20-18-6-4-5-16(23-18)17-14-24(11-12-26-17)13-15-7-8-21-19(22-15)25-9-2-3-10-25/h4-8,17H,2-3,9-14H2,1H3,(H,20,23)/t17-/m0/s1. The van der Waals surface area contributed by atoms with E-state index < -0.39 is 0 Å². The van der Waals surface area contributed by atoms with E-state index in [0.717, 1.165) is 55.9 Å². The van der Waals surface area contributed by atoms with Gasteiger partial charge in [0, 0.05) is 46.0 Å².